The zero-order chi connectivity index (χ0) is 69.1. The van der Waals surface area contributed by atoms with Crippen LogP contribution in [0.4, 0.5) is 0 Å². The van der Waals surface area contributed by atoms with Gasteiger partial charge in [-0.3, -0.25) is 0 Å². The molecule has 0 saturated heterocycles. The van der Waals surface area contributed by atoms with Gasteiger partial charge in [0.05, 0.1) is 0 Å². The number of benzene rings is 7. The van der Waals surface area contributed by atoms with Crippen LogP contribution in [0.25, 0.3) is 0 Å². The van der Waals surface area contributed by atoms with Crippen molar-refractivity contribution in [3.63, 3.8) is 0 Å². The normalized spacial score (nSPS) is 10.6. The maximum absolute atomic E-state index is 11.3. The van der Waals surface area contributed by atoms with Crippen molar-refractivity contribution in [2.45, 2.75) is 53.0 Å². The van der Waals surface area contributed by atoms with Gasteiger partial charge in [-0.05, 0) is 130 Å². The van der Waals surface area contributed by atoms with E-state index in [4.69, 9.17) is 66.3 Å². The Kier molecular flexibility index (Phi) is 26.1. The summed E-state index contributed by atoms with van der Waals surface area (Å²) in [6.45, 7) is -4.90. The molecule has 0 aliphatic rings. The highest BCUT2D eigenvalue weighted by molar-refractivity contribution is 5.71. The maximum atomic E-state index is 11.3. The Hall–Kier alpha value is -12.5. The van der Waals surface area contributed by atoms with Crippen molar-refractivity contribution in [2.24, 2.45) is 0 Å². The highest BCUT2D eigenvalue weighted by atomic mass is 16.6. The van der Waals surface area contributed by atoms with Crippen LogP contribution >= 0.6 is 0 Å². The smallest absolute Gasteiger partial charge is 0.341 e. The highest BCUT2D eigenvalue weighted by Gasteiger charge is 2.17. The molecule has 8 N–H and O–H groups in total. The number of aryl methyl sites for hydroxylation is 1. The molecule has 0 radical (unpaired) electrons. The first-order chi connectivity index (χ1) is 45.9. The first kappa shape index (κ1) is 70.9. The lowest BCUT2D eigenvalue weighted by atomic mass is 10.1. The van der Waals surface area contributed by atoms with Gasteiger partial charge in [-0.15, -0.1) is 0 Å². The van der Waals surface area contributed by atoms with Crippen LogP contribution in [0.15, 0.2) is 127 Å². The third-order valence-corrected chi connectivity index (χ3v) is 12.3. The van der Waals surface area contributed by atoms with Crippen LogP contribution in [0.3, 0.4) is 0 Å². The van der Waals surface area contributed by atoms with Crippen molar-refractivity contribution in [2.75, 3.05) is 52.9 Å². The number of carboxylic acids is 8. The zero-order valence-electron chi connectivity index (χ0n) is 50.8. The van der Waals surface area contributed by atoms with E-state index in [9.17, 15) is 79.2 Å². The quantitative estimate of drug-likeness (QED) is 0.0184. The van der Waals surface area contributed by atoms with Crippen LogP contribution in [0.5, 0.6) is 80.5 Å². The predicted octanol–water partition coefficient (Wildman–Crippen LogP) is 7.43. The molecule has 7 aromatic carbocycles. The summed E-state index contributed by atoms with van der Waals surface area (Å²) < 4.78 is 80.6. The fourth-order valence-corrected chi connectivity index (χ4v) is 8.45. The van der Waals surface area contributed by atoms with Crippen molar-refractivity contribution in [3.05, 3.63) is 166 Å². The molecule has 7 aromatic rings. The molecule has 96 heavy (non-hydrogen) atoms. The summed E-state index contributed by atoms with van der Waals surface area (Å²) in [6.07, 6.45) is 0.518. The molecule has 0 spiro atoms. The molecule has 0 unspecified atom stereocenters. The van der Waals surface area contributed by atoms with E-state index in [2.05, 4.69) is 0 Å². The SMILES string of the molecule is CCc1cc(OCc2cc(OCc3cc(OCC(=O)O)cc(OCC(=O)O)c3)cc(OCc3cc(OCC(=O)O)cc(OCC(=O)O)c3)c2)cc(OCc2cc(OCc3cc(OCC(=O)O)cc(OCC(=O)O)c3)cc(OCc3cc(OCC(=O)O)cc(OCC(=O)O)c3)c2)c1. The van der Waals surface area contributed by atoms with Gasteiger partial charge in [-0.2, -0.15) is 0 Å². The summed E-state index contributed by atoms with van der Waals surface area (Å²) in [6, 6.07) is 31.9. The van der Waals surface area contributed by atoms with Crippen LogP contribution in [-0.4, -0.2) is 141 Å². The predicted molar refractivity (Wildman–Crippen MR) is 326 cm³/mol. The van der Waals surface area contributed by atoms with E-state index in [-0.39, 0.29) is 109 Å². The van der Waals surface area contributed by atoms with Gasteiger partial charge in [0, 0.05) is 42.5 Å². The number of carboxylic acid groups (broad SMARTS) is 8. The summed E-state index contributed by atoms with van der Waals surface area (Å²) in [7, 11) is 0. The number of rotatable bonds is 43. The van der Waals surface area contributed by atoms with Gasteiger partial charge in [0.2, 0.25) is 0 Å². The molecular formula is C66H62O30. The van der Waals surface area contributed by atoms with E-state index in [0.29, 0.717) is 51.3 Å². The molecule has 0 aromatic heterocycles. The lowest BCUT2D eigenvalue weighted by Crippen LogP contribution is -2.12. The molecule has 7 rings (SSSR count). The van der Waals surface area contributed by atoms with E-state index >= 15 is 0 Å². The van der Waals surface area contributed by atoms with Gasteiger partial charge in [0.1, 0.15) is 120 Å². The fraction of sp³-hybridized carbons (Fsp3) is 0.242. The van der Waals surface area contributed by atoms with Gasteiger partial charge in [0.15, 0.2) is 52.9 Å². The second-order valence-electron chi connectivity index (χ2n) is 20.2. The van der Waals surface area contributed by atoms with E-state index in [1.54, 1.807) is 42.5 Å². The van der Waals surface area contributed by atoms with Gasteiger partial charge >= 0.3 is 47.8 Å². The molecule has 0 saturated carbocycles. The maximum Gasteiger partial charge on any atom is 0.341 e. The standard InChI is InChI=1S/C66H62O30/c1-2-38-3-45(83-24-39-5-47(85-26-41-9-51(89-30-59(67)68)20-52(10-41)90-31-60(69)70)18-48(6-39)86-27-42-11-53(91-32-61(71)72)21-54(12-42)92-33-62(73)74)17-46(4-38)84-25-40-7-49(87-28-43-13-55(93-34-63(75)76)22-56(14-43)94-35-64(77)78)19-50(8-40)88-29-44-15-57(95-36-65(79)80)23-58(16-44)96-37-66(81)82/h3-23H,2,24-37H2,1H3,(H,67,68)(H,69,70)(H,71,72)(H,73,74)(H,75,76)(H,77,78)(H,79,80)(H,81,82). The van der Waals surface area contributed by atoms with Crippen molar-refractivity contribution in [1.29, 1.82) is 0 Å². The molecule has 30 nitrogen and oxygen atoms in total. The molecule has 0 aliphatic carbocycles. The minimum atomic E-state index is -1.27. The third-order valence-electron chi connectivity index (χ3n) is 12.3. The summed E-state index contributed by atoms with van der Waals surface area (Å²) in [4.78, 5) is 90.8. The lowest BCUT2D eigenvalue weighted by molar-refractivity contribution is -0.140. The van der Waals surface area contributed by atoms with E-state index in [0.717, 1.165) is 5.56 Å². The minimum absolute atomic E-state index is 0.0424. The second kappa shape index (κ2) is 35.4. The Bertz CT molecular complexity index is 3320. The molecular weight excluding hydrogens is 1270 g/mol. The van der Waals surface area contributed by atoms with Crippen molar-refractivity contribution >= 4 is 47.8 Å². The Labute approximate surface area is 544 Å². The van der Waals surface area contributed by atoms with Crippen LogP contribution < -0.4 is 66.3 Å². The number of carbonyl (C=O) groups is 8. The number of hydrogen-bond donors (Lipinski definition) is 8. The third kappa shape index (κ3) is 25.6. The van der Waals surface area contributed by atoms with Crippen molar-refractivity contribution < 1.29 is 146 Å². The summed E-state index contributed by atoms with van der Waals surface area (Å²) in [5.74, 6) is -8.30. The van der Waals surface area contributed by atoms with Crippen LogP contribution in [-0.2, 0) is 84.4 Å². The average molecular weight is 1340 g/mol. The molecule has 0 amide bonds. The topological polar surface area (TPSA) is 428 Å². The molecule has 506 valence electrons. The lowest BCUT2D eigenvalue weighted by Gasteiger charge is -2.16. The first-order valence-electron chi connectivity index (χ1n) is 28.5. The van der Waals surface area contributed by atoms with Crippen LogP contribution in [0, 0.1) is 0 Å². The summed E-state index contributed by atoms with van der Waals surface area (Å²) in [5.41, 5.74) is 3.26. The Balaban J connectivity index is 1.16. The zero-order valence-corrected chi connectivity index (χ0v) is 50.8. The van der Waals surface area contributed by atoms with Gasteiger partial charge in [0.25, 0.3) is 0 Å². The fourth-order valence-electron chi connectivity index (χ4n) is 8.45. The summed E-state index contributed by atoms with van der Waals surface area (Å²) in [5, 5.41) is 74.0. The molecule has 0 aliphatic heterocycles. The average Bonchev–Trinajstić information content (AvgIpc) is 1.08. The number of hydrogen-bond acceptors (Lipinski definition) is 22. The molecule has 0 bridgehead atoms. The van der Waals surface area contributed by atoms with Gasteiger partial charge in [-0.1, -0.05) is 6.92 Å². The number of aliphatic carboxylic acids is 8. The van der Waals surface area contributed by atoms with E-state index in [1.807, 2.05) is 6.92 Å². The monoisotopic (exact) mass is 1330 g/mol. The molecule has 0 atom stereocenters. The van der Waals surface area contributed by atoms with Gasteiger partial charge < -0.3 is 107 Å². The van der Waals surface area contributed by atoms with Gasteiger partial charge in [-0.25, -0.2) is 38.4 Å². The van der Waals surface area contributed by atoms with E-state index in [1.165, 1.54) is 84.9 Å². The minimum Gasteiger partial charge on any atom is -0.489 e. The highest BCUT2D eigenvalue weighted by Crippen LogP contribution is 2.34. The molecule has 0 fully saturated rings. The second-order valence-corrected chi connectivity index (χ2v) is 20.2. The molecule has 30 heteroatoms. The first-order valence-corrected chi connectivity index (χ1v) is 28.5. The van der Waals surface area contributed by atoms with Crippen molar-refractivity contribution in [3.8, 4) is 80.5 Å². The Morgan fingerprint density at radius 2 is 0.312 bits per heavy atom. The Morgan fingerprint density at radius 3 is 0.427 bits per heavy atom. The van der Waals surface area contributed by atoms with E-state index < -0.39 is 101 Å². The largest absolute Gasteiger partial charge is 0.489 e. The Morgan fingerprint density at radius 1 is 0.198 bits per heavy atom. The van der Waals surface area contributed by atoms with Crippen LogP contribution in [0.1, 0.15) is 45.9 Å². The van der Waals surface area contributed by atoms with Crippen molar-refractivity contribution in [1.82, 2.24) is 0 Å². The number of ether oxygens (including phenoxy) is 14. The van der Waals surface area contributed by atoms with Crippen LogP contribution in [0.2, 0.25) is 0 Å². The molecule has 0 heterocycles. The summed E-state index contributed by atoms with van der Waals surface area (Å²) >= 11 is 0.